The van der Waals surface area contributed by atoms with Crippen LogP contribution in [-0.2, 0) is 17.6 Å². The molecular formula is C22H28N2O2. The SMILES string of the molecule is CCc1ccc(CCC(=O)N2CCN(c3cccc(OC)c3)CC2)cc1. The predicted octanol–water partition coefficient (Wildman–Crippen LogP) is 3.54. The lowest BCUT2D eigenvalue weighted by molar-refractivity contribution is -0.131. The molecule has 0 bridgehead atoms. The second kappa shape index (κ2) is 8.75. The van der Waals surface area contributed by atoms with Crippen molar-refractivity contribution in [3.63, 3.8) is 0 Å². The number of carbonyl (C=O) groups is 1. The van der Waals surface area contributed by atoms with Crippen molar-refractivity contribution in [2.24, 2.45) is 0 Å². The van der Waals surface area contributed by atoms with Crippen LogP contribution in [0.1, 0.15) is 24.5 Å². The number of hydrogen-bond acceptors (Lipinski definition) is 3. The zero-order chi connectivity index (χ0) is 18.4. The Morgan fingerprint density at radius 2 is 1.69 bits per heavy atom. The van der Waals surface area contributed by atoms with Crippen molar-refractivity contribution in [2.45, 2.75) is 26.2 Å². The third-order valence-electron chi connectivity index (χ3n) is 5.11. The van der Waals surface area contributed by atoms with Gasteiger partial charge in [0, 0.05) is 44.4 Å². The largest absolute Gasteiger partial charge is 0.497 e. The number of ether oxygens (including phenoxy) is 1. The van der Waals surface area contributed by atoms with Gasteiger partial charge in [0.25, 0.3) is 0 Å². The number of nitrogens with zero attached hydrogens (tertiary/aromatic N) is 2. The van der Waals surface area contributed by atoms with Gasteiger partial charge in [-0.15, -0.1) is 0 Å². The van der Waals surface area contributed by atoms with E-state index in [-0.39, 0.29) is 5.91 Å². The Kier molecular flexibility index (Phi) is 6.16. The molecule has 1 aliphatic rings. The molecule has 2 aromatic carbocycles. The molecular weight excluding hydrogens is 324 g/mol. The summed E-state index contributed by atoms with van der Waals surface area (Å²) in [7, 11) is 1.69. The zero-order valence-electron chi connectivity index (χ0n) is 15.8. The average Bonchev–Trinajstić information content (AvgIpc) is 2.72. The topological polar surface area (TPSA) is 32.8 Å². The smallest absolute Gasteiger partial charge is 0.223 e. The number of rotatable bonds is 6. The van der Waals surface area contributed by atoms with Crippen molar-refractivity contribution < 1.29 is 9.53 Å². The summed E-state index contributed by atoms with van der Waals surface area (Å²) in [5.74, 6) is 1.13. The number of carbonyl (C=O) groups excluding carboxylic acids is 1. The van der Waals surface area contributed by atoms with Crippen LogP contribution in [0, 0.1) is 0 Å². The molecule has 1 fully saturated rings. The van der Waals surface area contributed by atoms with Gasteiger partial charge in [-0.3, -0.25) is 4.79 Å². The van der Waals surface area contributed by atoms with E-state index in [9.17, 15) is 4.79 Å². The van der Waals surface area contributed by atoms with Crippen LogP contribution in [0.25, 0.3) is 0 Å². The Hall–Kier alpha value is -2.49. The van der Waals surface area contributed by atoms with Crippen LogP contribution in [0.3, 0.4) is 0 Å². The number of methoxy groups -OCH3 is 1. The van der Waals surface area contributed by atoms with Gasteiger partial charge < -0.3 is 14.5 Å². The van der Waals surface area contributed by atoms with Crippen LogP contribution in [0.5, 0.6) is 5.75 Å². The van der Waals surface area contributed by atoms with E-state index >= 15 is 0 Å². The first-order chi connectivity index (χ1) is 12.7. The van der Waals surface area contributed by atoms with Crippen LogP contribution in [0.4, 0.5) is 5.69 Å². The Balaban J connectivity index is 1.48. The Labute approximate surface area is 156 Å². The maximum Gasteiger partial charge on any atom is 0.223 e. The first-order valence-electron chi connectivity index (χ1n) is 9.44. The molecule has 1 heterocycles. The molecule has 1 amide bonds. The number of aryl methyl sites for hydroxylation is 2. The van der Waals surface area contributed by atoms with Crippen molar-refractivity contribution >= 4 is 11.6 Å². The Morgan fingerprint density at radius 3 is 2.35 bits per heavy atom. The van der Waals surface area contributed by atoms with Crippen molar-refractivity contribution in [1.29, 1.82) is 0 Å². The van der Waals surface area contributed by atoms with Crippen LogP contribution in [-0.4, -0.2) is 44.1 Å². The van der Waals surface area contributed by atoms with Gasteiger partial charge in [0.1, 0.15) is 5.75 Å². The fourth-order valence-corrected chi connectivity index (χ4v) is 3.37. The lowest BCUT2D eigenvalue weighted by Crippen LogP contribution is -2.48. The minimum Gasteiger partial charge on any atom is -0.497 e. The third-order valence-corrected chi connectivity index (χ3v) is 5.11. The van der Waals surface area contributed by atoms with Gasteiger partial charge in [0.2, 0.25) is 5.91 Å². The molecule has 26 heavy (non-hydrogen) atoms. The molecule has 138 valence electrons. The van der Waals surface area contributed by atoms with Gasteiger partial charge in [0.15, 0.2) is 0 Å². The van der Waals surface area contributed by atoms with E-state index in [1.165, 1.54) is 11.1 Å². The standard InChI is InChI=1S/C22H28N2O2/c1-3-18-7-9-19(10-8-18)11-12-22(25)24-15-13-23(14-16-24)20-5-4-6-21(17-20)26-2/h4-10,17H,3,11-16H2,1-2H3. The monoisotopic (exact) mass is 352 g/mol. The molecule has 0 spiro atoms. The molecule has 4 nitrogen and oxygen atoms in total. The summed E-state index contributed by atoms with van der Waals surface area (Å²) in [5, 5.41) is 0. The van der Waals surface area contributed by atoms with Crippen molar-refractivity contribution in [2.75, 3.05) is 38.2 Å². The number of amides is 1. The first-order valence-corrected chi connectivity index (χ1v) is 9.44. The minimum absolute atomic E-state index is 0.259. The zero-order valence-corrected chi connectivity index (χ0v) is 15.8. The highest BCUT2D eigenvalue weighted by atomic mass is 16.5. The summed E-state index contributed by atoms with van der Waals surface area (Å²) < 4.78 is 5.30. The van der Waals surface area contributed by atoms with Crippen LogP contribution in [0.15, 0.2) is 48.5 Å². The van der Waals surface area contributed by atoms with Gasteiger partial charge in [0.05, 0.1) is 7.11 Å². The van der Waals surface area contributed by atoms with Crippen molar-refractivity contribution in [1.82, 2.24) is 4.90 Å². The maximum absolute atomic E-state index is 12.5. The Morgan fingerprint density at radius 1 is 1.00 bits per heavy atom. The number of piperazine rings is 1. The van der Waals surface area contributed by atoms with E-state index in [4.69, 9.17) is 4.74 Å². The molecule has 1 aliphatic heterocycles. The molecule has 0 unspecified atom stereocenters. The minimum atomic E-state index is 0.259. The number of benzene rings is 2. The molecule has 0 atom stereocenters. The molecule has 2 aromatic rings. The van der Waals surface area contributed by atoms with E-state index in [0.717, 1.165) is 50.5 Å². The van der Waals surface area contributed by atoms with E-state index in [2.05, 4.69) is 48.2 Å². The highest BCUT2D eigenvalue weighted by Gasteiger charge is 2.21. The highest BCUT2D eigenvalue weighted by molar-refractivity contribution is 5.76. The van der Waals surface area contributed by atoms with E-state index < -0.39 is 0 Å². The third kappa shape index (κ3) is 4.57. The highest BCUT2D eigenvalue weighted by Crippen LogP contribution is 2.22. The van der Waals surface area contributed by atoms with Gasteiger partial charge in [-0.2, -0.15) is 0 Å². The van der Waals surface area contributed by atoms with Crippen LogP contribution < -0.4 is 9.64 Å². The average molecular weight is 352 g/mol. The van der Waals surface area contributed by atoms with Gasteiger partial charge in [-0.05, 0) is 36.1 Å². The summed E-state index contributed by atoms with van der Waals surface area (Å²) in [6, 6.07) is 16.7. The fourth-order valence-electron chi connectivity index (χ4n) is 3.37. The maximum atomic E-state index is 12.5. The van der Waals surface area contributed by atoms with E-state index in [1.807, 2.05) is 17.0 Å². The molecule has 0 saturated carbocycles. The van der Waals surface area contributed by atoms with Gasteiger partial charge in [-0.25, -0.2) is 0 Å². The molecule has 1 saturated heterocycles. The molecule has 0 aromatic heterocycles. The normalized spacial score (nSPS) is 14.4. The quantitative estimate of drug-likeness (QED) is 0.797. The van der Waals surface area contributed by atoms with Gasteiger partial charge in [-0.1, -0.05) is 37.3 Å². The van der Waals surface area contributed by atoms with Gasteiger partial charge >= 0.3 is 0 Å². The van der Waals surface area contributed by atoms with Crippen LogP contribution >= 0.6 is 0 Å². The second-order valence-electron chi connectivity index (χ2n) is 6.74. The van der Waals surface area contributed by atoms with Crippen molar-refractivity contribution in [3.05, 3.63) is 59.7 Å². The number of hydrogen-bond donors (Lipinski definition) is 0. The summed E-state index contributed by atoms with van der Waals surface area (Å²) >= 11 is 0. The molecule has 0 aliphatic carbocycles. The van der Waals surface area contributed by atoms with Crippen LogP contribution in [0.2, 0.25) is 0 Å². The predicted molar refractivity (Wildman–Crippen MR) is 106 cm³/mol. The fraction of sp³-hybridized carbons (Fsp3) is 0.409. The second-order valence-corrected chi connectivity index (χ2v) is 6.74. The lowest BCUT2D eigenvalue weighted by Gasteiger charge is -2.36. The Bertz CT molecular complexity index is 719. The van der Waals surface area contributed by atoms with E-state index in [0.29, 0.717) is 6.42 Å². The molecule has 0 N–H and O–H groups in total. The van der Waals surface area contributed by atoms with E-state index in [1.54, 1.807) is 7.11 Å². The number of anilines is 1. The molecule has 3 rings (SSSR count). The molecule has 4 heteroatoms. The summed E-state index contributed by atoms with van der Waals surface area (Å²) in [6.07, 6.45) is 2.46. The lowest BCUT2D eigenvalue weighted by atomic mass is 10.1. The van der Waals surface area contributed by atoms with Crippen molar-refractivity contribution in [3.8, 4) is 5.75 Å². The summed E-state index contributed by atoms with van der Waals surface area (Å²) in [6.45, 7) is 5.45. The molecule has 0 radical (unpaired) electrons. The summed E-state index contributed by atoms with van der Waals surface area (Å²) in [4.78, 5) is 16.8. The first kappa shape index (κ1) is 18.3. The summed E-state index contributed by atoms with van der Waals surface area (Å²) in [5.41, 5.74) is 3.74.